The molecule has 0 saturated carbocycles. The molecular formula is C22H18F2N4OS. The number of H-pyrrole nitrogens is 1. The number of halogens is 2. The molecule has 0 unspecified atom stereocenters. The van der Waals surface area contributed by atoms with E-state index in [-0.39, 0.29) is 17.2 Å². The lowest BCUT2D eigenvalue weighted by atomic mass is 10.1. The van der Waals surface area contributed by atoms with Crippen LogP contribution in [-0.4, -0.2) is 36.1 Å². The maximum Gasteiger partial charge on any atom is 0.270 e. The van der Waals surface area contributed by atoms with Crippen LogP contribution in [0.5, 0.6) is 0 Å². The normalized spacial score (nSPS) is 14.5. The molecule has 1 aliphatic heterocycles. The average molecular weight is 424 g/mol. The van der Waals surface area contributed by atoms with Crippen molar-refractivity contribution >= 4 is 33.2 Å². The molecule has 0 atom stereocenters. The molecule has 0 bridgehead atoms. The Labute approximate surface area is 175 Å². The van der Waals surface area contributed by atoms with Crippen LogP contribution >= 0.6 is 11.3 Å². The number of para-hydroxylation sites is 1. The lowest BCUT2D eigenvalue weighted by Crippen LogP contribution is -2.47. The lowest BCUT2D eigenvalue weighted by Gasteiger charge is -2.36. The first-order valence-electron chi connectivity index (χ1n) is 9.62. The summed E-state index contributed by atoms with van der Waals surface area (Å²) in [5, 5.41) is 1.83. The molecular weight excluding hydrogens is 406 g/mol. The minimum absolute atomic E-state index is 0.209. The molecule has 0 aliphatic carbocycles. The highest BCUT2D eigenvalue weighted by atomic mass is 32.1. The van der Waals surface area contributed by atoms with Gasteiger partial charge in [0.05, 0.1) is 11.2 Å². The molecule has 30 heavy (non-hydrogen) atoms. The summed E-state index contributed by atoms with van der Waals surface area (Å²) in [6.45, 7) is 2.43. The van der Waals surface area contributed by atoms with Gasteiger partial charge in [0, 0.05) is 37.1 Å². The van der Waals surface area contributed by atoms with Crippen LogP contribution in [0.1, 0.15) is 0 Å². The van der Waals surface area contributed by atoms with E-state index in [0.29, 0.717) is 53.6 Å². The van der Waals surface area contributed by atoms with Crippen LogP contribution in [-0.2, 0) is 0 Å². The molecule has 1 fully saturated rings. The van der Waals surface area contributed by atoms with Gasteiger partial charge in [0.15, 0.2) is 0 Å². The van der Waals surface area contributed by atoms with Crippen LogP contribution in [0.3, 0.4) is 0 Å². The molecule has 2 aromatic carbocycles. The Balaban J connectivity index is 1.45. The number of piperazine rings is 1. The lowest BCUT2D eigenvalue weighted by molar-refractivity contribution is 0.594. The Morgan fingerprint density at radius 1 is 0.967 bits per heavy atom. The van der Waals surface area contributed by atoms with Crippen molar-refractivity contribution in [2.45, 2.75) is 0 Å². The number of benzene rings is 2. The number of thiophene rings is 1. The fraction of sp³-hybridized carbons (Fsp3) is 0.182. The minimum atomic E-state index is -0.332. The first-order valence-corrected chi connectivity index (χ1v) is 10.5. The molecule has 5 nitrogen and oxygen atoms in total. The number of nitrogens with zero attached hydrogens (tertiary/aromatic N) is 3. The zero-order chi connectivity index (χ0) is 20.7. The third-order valence-electron chi connectivity index (χ3n) is 5.32. The van der Waals surface area contributed by atoms with Gasteiger partial charge in [0.2, 0.25) is 5.95 Å². The predicted molar refractivity (Wildman–Crippen MR) is 116 cm³/mol. The van der Waals surface area contributed by atoms with Gasteiger partial charge in [-0.05, 0) is 29.8 Å². The van der Waals surface area contributed by atoms with Gasteiger partial charge in [-0.1, -0.05) is 24.3 Å². The number of hydrogen-bond acceptors (Lipinski definition) is 5. The Morgan fingerprint density at radius 2 is 1.73 bits per heavy atom. The molecule has 0 amide bonds. The molecule has 5 rings (SSSR count). The molecule has 0 radical (unpaired) electrons. The molecule has 1 N–H and O–H groups in total. The summed E-state index contributed by atoms with van der Waals surface area (Å²) in [5.74, 6) is -0.0881. The first kappa shape index (κ1) is 18.7. The van der Waals surface area contributed by atoms with E-state index in [1.165, 1.54) is 29.5 Å². The zero-order valence-electron chi connectivity index (χ0n) is 15.9. The van der Waals surface area contributed by atoms with Gasteiger partial charge >= 0.3 is 0 Å². The van der Waals surface area contributed by atoms with E-state index in [1.54, 1.807) is 24.3 Å². The van der Waals surface area contributed by atoms with Crippen LogP contribution in [0.15, 0.2) is 58.7 Å². The number of fused-ring (bicyclic) bond motifs is 1. The van der Waals surface area contributed by atoms with Crippen molar-refractivity contribution in [3.63, 3.8) is 0 Å². The third-order valence-corrected chi connectivity index (χ3v) is 6.29. The van der Waals surface area contributed by atoms with Gasteiger partial charge in [-0.15, -0.1) is 11.3 Å². The number of hydrogen-bond donors (Lipinski definition) is 1. The Hall–Kier alpha value is -3.26. The topological polar surface area (TPSA) is 52.2 Å². The highest BCUT2D eigenvalue weighted by Gasteiger charge is 2.22. The van der Waals surface area contributed by atoms with E-state index < -0.39 is 0 Å². The molecule has 3 heterocycles. The van der Waals surface area contributed by atoms with E-state index >= 15 is 0 Å². The van der Waals surface area contributed by atoms with Crippen LogP contribution in [0.4, 0.5) is 20.4 Å². The van der Waals surface area contributed by atoms with Crippen LogP contribution in [0.25, 0.3) is 21.3 Å². The van der Waals surface area contributed by atoms with Crippen molar-refractivity contribution in [2.24, 2.45) is 0 Å². The van der Waals surface area contributed by atoms with Gasteiger partial charge in [-0.2, -0.15) is 0 Å². The highest BCUT2D eigenvalue weighted by molar-refractivity contribution is 7.17. The van der Waals surface area contributed by atoms with Gasteiger partial charge in [-0.25, -0.2) is 13.8 Å². The average Bonchev–Trinajstić information content (AvgIpc) is 3.19. The Bertz CT molecular complexity index is 1280. The largest absolute Gasteiger partial charge is 0.366 e. The summed E-state index contributed by atoms with van der Waals surface area (Å²) in [7, 11) is 0. The number of nitrogens with one attached hydrogen (secondary N) is 1. The second-order valence-electron chi connectivity index (χ2n) is 7.15. The second-order valence-corrected chi connectivity index (χ2v) is 8.03. The van der Waals surface area contributed by atoms with Crippen molar-refractivity contribution in [2.75, 3.05) is 36.0 Å². The van der Waals surface area contributed by atoms with E-state index in [1.807, 2.05) is 21.2 Å². The third kappa shape index (κ3) is 3.33. The summed E-state index contributed by atoms with van der Waals surface area (Å²) in [5.41, 5.74) is 2.38. The molecule has 0 spiro atoms. The summed E-state index contributed by atoms with van der Waals surface area (Å²) in [6, 6.07) is 13.0. The van der Waals surface area contributed by atoms with Crippen molar-refractivity contribution in [3.8, 4) is 11.1 Å². The van der Waals surface area contributed by atoms with Gasteiger partial charge in [0.25, 0.3) is 5.56 Å². The fourth-order valence-corrected chi connectivity index (χ4v) is 4.70. The van der Waals surface area contributed by atoms with Crippen molar-refractivity contribution < 1.29 is 8.78 Å². The Kier molecular flexibility index (Phi) is 4.71. The molecule has 4 aromatic rings. The first-order chi connectivity index (χ1) is 14.6. The zero-order valence-corrected chi connectivity index (χ0v) is 16.8. The number of rotatable bonds is 3. The summed E-state index contributed by atoms with van der Waals surface area (Å²) < 4.78 is 28.3. The standard InChI is InChI=1S/C22H18F2N4OS/c23-15-5-3-4-14(12-15)16-13-30-20-19(16)25-22(26-21(20)29)28-10-8-27(9-11-28)18-7-2-1-6-17(18)24/h1-7,12-13H,8-11H2,(H,25,26,29). The summed E-state index contributed by atoms with van der Waals surface area (Å²) in [6.07, 6.45) is 0. The predicted octanol–water partition coefficient (Wildman–Crippen LogP) is 4.26. The van der Waals surface area contributed by atoms with Crippen LogP contribution < -0.4 is 15.4 Å². The van der Waals surface area contributed by atoms with Crippen molar-refractivity contribution in [1.82, 2.24) is 9.97 Å². The van der Waals surface area contributed by atoms with E-state index in [2.05, 4.69) is 4.98 Å². The van der Waals surface area contributed by atoms with Gasteiger partial charge in [-0.3, -0.25) is 9.78 Å². The minimum Gasteiger partial charge on any atom is -0.366 e. The number of aromatic amines is 1. The van der Waals surface area contributed by atoms with E-state index in [4.69, 9.17) is 4.98 Å². The van der Waals surface area contributed by atoms with Crippen molar-refractivity contribution in [1.29, 1.82) is 0 Å². The number of aromatic nitrogens is 2. The molecule has 1 aliphatic rings. The van der Waals surface area contributed by atoms with Gasteiger partial charge < -0.3 is 9.80 Å². The van der Waals surface area contributed by atoms with Crippen LogP contribution in [0, 0.1) is 11.6 Å². The summed E-state index contributed by atoms with van der Waals surface area (Å²) in [4.78, 5) is 24.2. The second kappa shape index (κ2) is 7.53. The molecule has 152 valence electrons. The summed E-state index contributed by atoms with van der Waals surface area (Å²) >= 11 is 1.30. The van der Waals surface area contributed by atoms with E-state index in [0.717, 1.165) is 5.56 Å². The monoisotopic (exact) mass is 424 g/mol. The molecule has 2 aromatic heterocycles. The van der Waals surface area contributed by atoms with Crippen LogP contribution in [0.2, 0.25) is 0 Å². The molecule has 8 heteroatoms. The Morgan fingerprint density at radius 3 is 2.50 bits per heavy atom. The number of anilines is 2. The maximum absolute atomic E-state index is 14.1. The van der Waals surface area contributed by atoms with Gasteiger partial charge in [0.1, 0.15) is 16.3 Å². The highest BCUT2D eigenvalue weighted by Crippen LogP contribution is 2.32. The maximum atomic E-state index is 14.1. The quantitative estimate of drug-likeness (QED) is 0.534. The molecule has 1 saturated heterocycles. The SMILES string of the molecule is O=c1[nH]c(N2CCN(c3ccccc3F)CC2)nc2c(-c3cccc(F)c3)csc12. The van der Waals surface area contributed by atoms with Crippen molar-refractivity contribution in [3.05, 3.63) is 75.9 Å². The smallest absolute Gasteiger partial charge is 0.270 e. The fourth-order valence-electron chi connectivity index (χ4n) is 3.79. The van der Waals surface area contributed by atoms with E-state index in [9.17, 15) is 13.6 Å².